The highest BCUT2D eigenvalue weighted by Gasteiger charge is 2.47. The number of alkyl carbamates (subject to hydrolysis) is 1. The van der Waals surface area contributed by atoms with Crippen molar-refractivity contribution in [2.75, 3.05) is 19.7 Å². The lowest BCUT2D eigenvalue weighted by molar-refractivity contribution is 0.136. The Bertz CT molecular complexity index is 220. The van der Waals surface area contributed by atoms with E-state index in [2.05, 4.69) is 10.6 Å². The van der Waals surface area contributed by atoms with E-state index in [9.17, 15) is 4.79 Å². The number of carbonyl (C=O) groups is 1. The zero-order chi connectivity index (χ0) is 10.0. The smallest absolute Gasteiger partial charge is 0.407 e. The third kappa shape index (κ3) is 1.59. The molecule has 2 rings (SSSR count). The van der Waals surface area contributed by atoms with E-state index in [0.29, 0.717) is 12.5 Å². The number of hydrogen-bond donors (Lipinski definition) is 2. The standard InChI is InChI=1S/C10H18N2O2/c1-2-14-9(13)12-10-5-3-4-8(10)6-11-7-10/h8,11H,2-7H2,1H3,(H,12,13)/t8-,10+/m1/s1. The summed E-state index contributed by atoms with van der Waals surface area (Å²) in [4.78, 5) is 11.4. The Morgan fingerprint density at radius 1 is 1.71 bits per heavy atom. The van der Waals surface area contributed by atoms with Gasteiger partial charge in [-0.05, 0) is 25.7 Å². The van der Waals surface area contributed by atoms with Crippen LogP contribution in [0.2, 0.25) is 0 Å². The number of carbonyl (C=O) groups excluding carboxylic acids is 1. The Morgan fingerprint density at radius 3 is 3.36 bits per heavy atom. The topological polar surface area (TPSA) is 50.4 Å². The summed E-state index contributed by atoms with van der Waals surface area (Å²) >= 11 is 0. The zero-order valence-corrected chi connectivity index (χ0v) is 8.64. The quantitative estimate of drug-likeness (QED) is 0.692. The fourth-order valence-electron chi connectivity index (χ4n) is 2.72. The van der Waals surface area contributed by atoms with Crippen molar-refractivity contribution in [1.82, 2.24) is 10.6 Å². The van der Waals surface area contributed by atoms with Gasteiger partial charge in [-0.2, -0.15) is 0 Å². The number of amides is 1. The Hall–Kier alpha value is -0.770. The van der Waals surface area contributed by atoms with Crippen molar-refractivity contribution in [3.8, 4) is 0 Å². The lowest BCUT2D eigenvalue weighted by atomic mass is 9.91. The largest absolute Gasteiger partial charge is 0.450 e. The van der Waals surface area contributed by atoms with Gasteiger partial charge in [0, 0.05) is 13.1 Å². The van der Waals surface area contributed by atoms with Crippen LogP contribution in [-0.2, 0) is 4.74 Å². The first-order valence-electron chi connectivity index (χ1n) is 5.42. The van der Waals surface area contributed by atoms with Crippen LogP contribution in [0.4, 0.5) is 4.79 Å². The molecule has 2 atom stereocenters. The van der Waals surface area contributed by atoms with E-state index in [1.54, 1.807) is 0 Å². The molecule has 14 heavy (non-hydrogen) atoms. The van der Waals surface area contributed by atoms with Gasteiger partial charge in [-0.3, -0.25) is 0 Å². The number of hydrogen-bond acceptors (Lipinski definition) is 3. The van der Waals surface area contributed by atoms with Gasteiger partial charge >= 0.3 is 6.09 Å². The van der Waals surface area contributed by atoms with Gasteiger partial charge in [-0.1, -0.05) is 6.42 Å². The second kappa shape index (κ2) is 3.77. The van der Waals surface area contributed by atoms with Crippen molar-refractivity contribution >= 4 is 6.09 Å². The van der Waals surface area contributed by atoms with Crippen molar-refractivity contribution in [3.05, 3.63) is 0 Å². The maximum Gasteiger partial charge on any atom is 0.407 e. The summed E-state index contributed by atoms with van der Waals surface area (Å²) in [6, 6.07) is 0. The number of rotatable bonds is 2. The van der Waals surface area contributed by atoms with Crippen molar-refractivity contribution in [2.24, 2.45) is 5.92 Å². The minimum Gasteiger partial charge on any atom is -0.450 e. The van der Waals surface area contributed by atoms with Crippen LogP contribution < -0.4 is 10.6 Å². The summed E-state index contributed by atoms with van der Waals surface area (Å²) in [6.07, 6.45) is 3.27. The molecule has 0 spiro atoms. The van der Waals surface area contributed by atoms with Gasteiger partial charge in [0.25, 0.3) is 0 Å². The summed E-state index contributed by atoms with van der Waals surface area (Å²) in [7, 11) is 0. The predicted molar refractivity (Wildman–Crippen MR) is 53.1 cm³/mol. The first kappa shape index (κ1) is 9.77. The normalized spacial score (nSPS) is 35.4. The van der Waals surface area contributed by atoms with Gasteiger partial charge in [-0.15, -0.1) is 0 Å². The first-order valence-corrected chi connectivity index (χ1v) is 5.42. The van der Waals surface area contributed by atoms with Crippen LogP contribution in [0, 0.1) is 5.92 Å². The minimum absolute atomic E-state index is 0.00769. The Morgan fingerprint density at radius 2 is 2.57 bits per heavy atom. The lowest BCUT2D eigenvalue weighted by Crippen LogP contribution is -2.51. The first-order chi connectivity index (χ1) is 6.77. The molecule has 4 heteroatoms. The molecular weight excluding hydrogens is 180 g/mol. The van der Waals surface area contributed by atoms with Gasteiger partial charge in [0.15, 0.2) is 0 Å². The zero-order valence-electron chi connectivity index (χ0n) is 8.64. The molecule has 0 aromatic carbocycles. The molecule has 2 aliphatic rings. The van der Waals surface area contributed by atoms with E-state index in [4.69, 9.17) is 4.74 Å². The fraction of sp³-hybridized carbons (Fsp3) is 0.900. The molecule has 2 N–H and O–H groups in total. The summed E-state index contributed by atoms with van der Waals surface area (Å²) < 4.78 is 4.93. The van der Waals surface area contributed by atoms with Crippen LogP contribution >= 0.6 is 0 Å². The van der Waals surface area contributed by atoms with Crippen LogP contribution in [0.25, 0.3) is 0 Å². The van der Waals surface area contributed by atoms with Crippen LogP contribution in [0.1, 0.15) is 26.2 Å². The van der Waals surface area contributed by atoms with Crippen LogP contribution in [0.15, 0.2) is 0 Å². The predicted octanol–water partition coefficient (Wildman–Crippen LogP) is 0.875. The van der Waals surface area contributed by atoms with Crippen LogP contribution in [-0.4, -0.2) is 31.3 Å². The van der Waals surface area contributed by atoms with Crippen LogP contribution in [0.5, 0.6) is 0 Å². The molecule has 0 aromatic rings. The maximum absolute atomic E-state index is 11.4. The van der Waals surface area contributed by atoms with Crippen molar-refractivity contribution in [3.63, 3.8) is 0 Å². The third-order valence-corrected chi connectivity index (χ3v) is 3.41. The lowest BCUT2D eigenvalue weighted by Gasteiger charge is -2.29. The van der Waals surface area contributed by atoms with Gasteiger partial charge in [0.05, 0.1) is 12.1 Å². The van der Waals surface area contributed by atoms with Gasteiger partial charge < -0.3 is 15.4 Å². The minimum atomic E-state index is -0.261. The van der Waals surface area contributed by atoms with Crippen molar-refractivity contribution in [2.45, 2.75) is 31.7 Å². The molecule has 1 aliphatic heterocycles. The number of ether oxygens (including phenoxy) is 1. The van der Waals surface area contributed by atoms with Gasteiger partial charge in [0.2, 0.25) is 0 Å². The summed E-state index contributed by atoms with van der Waals surface area (Å²) in [6.45, 7) is 4.21. The average molecular weight is 198 g/mol. The van der Waals surface area contributed by atoms with E-state index in [1.807, 2.05) is 6.92 Å². The van der Waals surface area contributed by atoms with Crippen molar-refractivity contribution in [1.29, 1.82) is 0 Å². The Balaban J connectivity index is 1.97. The molecule has 80 valence electrons. The number of fused-ring (bicyclic) bond motifs is 1. The van der Waals surface area contributed by atoms with E-state index >= 15 is 0 Å². The molecular formula is C10H18N2O2. The molecule has 0 aromatic heterocycles. The highest BCUT2D eigenvalue weighted by Crippen LogP contribution is 2.38. The van der Waals surface area contributed by atoms with E-state index in [-0.39, 0.29) is 11.6 Å². The third-order valence-electron chi connectivity index (χ3n) is 3.41. The van der Waals surface area contributed by atoms with Gasteiger partial charge in [-0.25, -0.2) is 4.79 Å². The molecule has 2 fully saturated rings. The maximum atomic E-state index is 11.4. The molecule has 1 saturated heterocycles. The second-order valence-electron chi connectivity index (χ2n) is 4.22. The van der Waals surface area contributed by atoms with E-state index < -0.39 is 0 Å². The Labute approximate surface area is 84.4 Å². The van der Waals surface area contributed by atoms with E-state index in [0.717, 1.165) is 19.5 Å². The SMILES string of the molecule is CCOC(=O)N[C@]12CCC[C@@H]1CNC2. The monoisotopic (exact) mass is 198 g/mol. The molecule has 0 unspecified atom stereocenters. The second-order valence-corrected chi connectivity index (χ2v) is 4.22. The molecule has 1 saturated carbocycles. The Kier molecular flexibility index (Phi) is 2.63. The summed E-state index contributed by atoms with van der Waals surface area (Å²) in [5.74, 6) is 0.604. The number of nitrogens with one attached hydrogen (secondary N) is 2. The summed E-state index contributed by atoms with van der Waals surface area (Å²) in [5, 5.41) is 6.37. The summed E-state index contributed by atoms with van der Waals surface area (Å²) in [5.41, 5.74) is -0.00769. The molecule has 4 nitrogen and oxygen atoms in total. The van der Waals surface area contributed by atoms with Gasteiger partial charge in [0.1, 0.15) is 0 Å². The van der Waals surface area contributed by atoms with E-state index in [1.165, 1.54) is 12.8 Å². The molecule has 0 bridgehead atoms. The fourth-order valence-corrected chi connectivity index (χ4v) is 2.72. The highest BCUT2D eigenvalue weighted by atomic mass is 16.5. The van der Waals surface area contributed by atoms with Crippen LogP contribution in [0.3, 0.4) is 0 Å². The molecule has 0 radical (unpaired) electrons. The average Bonchev–Trinajstić information content (AvgIpc) is 2.62. The van der Waals surface area contributed by atoms with Crippen molar-refractivity contribution < 1.29 is 9.53 Å². The molecule has 1 heterocycles. The molecule has 1 aliphatic carbocycles. The highest BCUT2D eigenvalue weighted by molar-refractivity contribution is 5.68. The molecule has 1 amide bonds.